The summed E-state index contributed by atoms with van der Waals surface area (Å²) in [5.41, 5.74) is 2.22. The molecule has 1 rings (SSSR count). The Labute approximate surface area is 113 Å². The number of carboxylic acid groups (broad SMARTS) is 1. The fourth-order valence-electron chi connectivity index (χ4n) is 1.08. The maximum Gasteiger partial charge on any atom is 0.332 e. The summed E-state index contributed by atoms with van der Waals surface area (Å²) in [5, 5.41) is 11.1. The summed E-state index contributed by atoms with van der Waals surface area (Å²) >= 11 is 5.67. The highest BCUT2D eigenvalue weighted by atomic mass is 35.5. The zero-order valence-corrected chi connectivity index (χ0v) is 10.4. The average molecular weight is 287 g/mol. The van der Waals surface area contributed by atoms with E-state index < -0.39 is 24.4 Å². The van der Waals surface area contributed by atoms with Crippen LogP contribution in [0.5, 0.6) is 0 Å². The van der Waals surface area contributed by atoms with E-state index in [9.17, 15) is 14.4 Å². The molecular formula is C11H11ClN2O5. The lowest BCUT2D eigenvalue weighted by Crippen LogP contribution is -2.37. The van der Waals surface area contributed by atoms with Crippen molar-refractivity contribution in [3.8, 4) is 0 Å². The van der Waals surface area contributed by atoms with Crippen molar-refractivity contribution in [3.63, 3.8) is 0 Å². The largest absolute Gasteiger partial charge is 0.479 e. The Bertz CT molecular complexity index is 474. The second-order valence-electron chi connectivity index (χ2n) is 3.40. The van der Waals surface area contributed by atoms with Gasteiger partial charge in [0, 0.05) is 10.6 Å². The molecule has 0 fully saturated rings. The number of nitrogens with one attached hydrogen (secondary N) is 2. The summed E-state index contributed by atoms with van der Waals surface area (Å²) in [5.74, 6) is -2.33. The molecule has 0 aliphatic heterocycles. The number of carboxylic acids is 1. The van der Waals surface area contributed by atoms with Crippen molar-refractivity contribution >= 4 is 29.4 Å². The number of carbonyl (C=O) groups is 3. The predicted octanol–water partition coefficient (Wildman–Crippen LogP) is 0.202. The van der Waals surface area contributed by atoms with Crippen molar-refractivity contribution in [2.75, 3.05) is 13.2 Å². The van der Waals surface area contributed by atoms with Crippen LogP contribution in [-0.2, 0) is 14.4 Å². The van der Waals surface area contributed by atoms with E-state index in [2.05, 4.69) is 10.2 Å². The Kier molecular flexibility index (Phi) is 5.77. The Hall–Kier alpha value is -2.12. The highest BCUT2D eigenvalue weighted by Crippen LogP contribution is 2.08. The molecule has 0 saturated carbocycles. The fraction of sp³-hybridized carbons (Fsp3) is 0.182. The van der Waals surface area contributed by atoms with Crippen LogP contribution in [0.1, 0.15) is 10.4 Å². The van der Waals surface area contributed by atoms with Crippen molar-refractivity contribution < 1.29 is 24.3 Å². The first-order chi connectivity index (χ1) is 8.99. The second kappa shape index (κ2) is 7.34. The quantitative estimate of drug-likeness (QED) is 0.648. The van der Waals surface area contributed by atoms with E-state index in [4.69, 9.17) is 16.7 Å². The van der Waals surface area contributed by atoms with Gasteiger partial charge in [0.15, 0.2) is 6.61 Å². The van der Waals surface area contributed by atoms with Crippen molar-refractivity contribution in [1.29, 1.82) is 0 Å². The first-order valence-electron chi connectivity index (χ1n) is 5.15. The van der Waals surface area contributed by atoms with Gasteiger partial charge in [0.1, 0.15) is 0 Å². The van der Waals surface area contributed by atoms with Gasteiger partial charge in [-0.25, -0.2) is 10.3 Å². The van der Waals surface area contributed by atoms with Gasteiger partial charge >= 0.3 is 5.97 Å². The van der Waals surface area contributed by atoms with Gasteiger partial charge < -0.3 is 10.4 Å². The van der Waals surface area contributed by atoms with Crippen molar-refractivity contribution in [2.45, 2.75) is 0 Å². The zero-order chi connectivity index (χ0) is 14.3. The second-order valence-corrected chi connectivity index (χ2v) is 3.83. The molecule has 0 aliphatic carbocycles. The van der Waals surface area contributed by atoms with Crippen LogP contribution in [0, 0.1) is 0 Å². The highest BCUT2D eigenvalue weighted by Gasteiger charge is 2.08. The van der Waals surface area contributed by atoms with Crippen LogP contribution in [0.2, 0.25) is 5.02 Å². The van der Waals surface area contributed by atoms with Gasteiger partial charge in [-0.1, -0.05) is 11.6 Å². The van der Waals surface area contributed by atoms with Gasteiger partial charge in [-0.05, 0) is 24.3 Å². The number of hydroxylamine groups is 1. The van der Waals surface area contributed by atoms with Gasteiger partial charge in [-0.2, -0.15) is 0 Å². The smallest absolute Gasteiger partial charge is 0.332 e. The Balaban J connectivity index is 2.31. The highest BCUT2D eigenvalue weighted by molar-refractivity contribution is 6.30. The van der Waals surface area contributed by atoms with E-state index in [1.54, 1.807) is 12.1 Å². The SMILES string of the molecule is O=C(O)CONC(=O)CNC(=O)c1ccc(Cl)cc1. The summed E-state index contributed by atoms with van der Waals surface area (Å²) in [6.07, 6.45) is 0. The Morgan fingerprint density at radius 2 is 1.84 bits per heavy atom. The summed E-state index contributed by atoms with van der Waals surface area (Å²) in [4.78, 5) is 37.2. The van der Waals surface area contributed by atoms with E-state index in [-0.39, 0.29) is 6.54 Å². The third-order valence-electron chi connectivity index (χ3n) is 1.90. The van der Waals surface area contributed by atoms with Crippen LogP contribution < -0.4 is 10.8 Å². The van der Waals surface area contributed by atoms with Crippen LogP contribution in [0.3, 0.4) is 0 Å². The lowest BCUT2D eigenvalue weighted by atomic mass is 10.2. The minimum atomic E-state index is -1.22. The molecule has 19 heavy (non-hydrogen) atoms. The van der Waals surface area contributed by atoms with Crippen LogP contribution in [-0.4, -0.2) is 36.0 Å². The van der Waals surface area contributed by atoms with E-state index in [1.165, 1.54) is 12.1 Å². The van der Waals surface area contributed by atoms with Gasteiger partial charge in [0.2, 0.25) is 0 Å². The van der Waals surface area contributed by atoms with E-state index in [1.807, 2.05) is 5.48 Å². The van der Waals surface area contributed by atoms with Gasteiger partial charge in [0.25, 0.3) is 11.8 Å². The van der Waals surface area contributed by atoms with Gasteiger partial charge in [-0.3, -0.25) is 14.4 Å². The lowest BCUT2D eigenvalue weighted by Gasteiger charge is -2.06. The van der Waals surface area contributed by atoms with Crippen LogP contribution in [0.15, 0.2) is 24.3 Å². The Morgan fingerprint density at radius 1 is 1.21 bits per heavy atom. The predicted molar refractivity (Wildman–Crippen MR) is 65.5 cm³/mol. The maximum absolute atomic E-state index is 11.6. The number of hydrogen-bond donors (Lipinski definition) is 3. The van der Waals surface area contributed by atoms with E-state index in [0.717, 1.165) is 0 Å². The van der Waals surface area contributed by atoms with E-state index in [0.29, 0.717) is 10.6 Å². The number of amides is 2. The normalized spacial score (nSPS) is 9.74. The third kappa shape index (κ3) is 5.84. The molecule has 0 aliphatic rings. The summed E-state index contributed by atoms with van der Waals surface area (Å²) < 4.78 is 0. The van der Waals surface area contributed by atoms with Gasteiger partial charge in [-0.15, -0.1) is 0 Å². The van der Waals surface area contributed by atoms with E-state index >= 15 is 0 Å². The molecule has 102 valence electrons. The van der Waals surface area contributed by atoms with Crippen molar-refractivity contribution in [3.05, 3.63) is 34.9 Å². The molecule has 0 saturated heterocycles. The molecule has 8 heteroatoms. The maximum atomic E-state index is 11.6. The van der Waals surface area contributed by atoms with Crippen LogP contribution in [0.25, 0.3) is 0 Å². The molecule has 0 unspecified atom stereocenters. The summed E-state index contributed by atoms with van der Waals surface area (Å²) in [6, 6.07) is 6.12. The number of rotatable bonds is 6. The van der Waals surface area contributed by atoms with Crippen LogP contribution in [0.4, 0.5) is 0 Å². The molecule has 1 aromatic rings. The number of aliphatic carboxylic acids is 1. The molecule has 0 heterocycles. The molecule has 0 atom stereocenters. The third-order valence-corrected chi connectivity index (χ3v) is 2.15. The molecule has 0 spiro atoms. The summed E-state index contributed by atoms with van der Waals surface area (Å²) in [7, 11) is 0. The lowest BCUT2D eigenvalue weighted by molar-refractivity contribution is -0.148. The fourth-order valence-corrected chi connectivity index (χ4v) is 1.20. The molecule has 2 amide bonds. The topological polar surface area (TPSA) is 105 Å². The van der Waals surface area contributed by atoms with Crippen molar-refractivity contribution in [2.24, 2.45) is 0 Å². The first-order valence-corrected chi connectivity index (χ1v) is 5.53. The molecule has 0 bridgehead atoms. The summed E-state index contributed by atoms with van der Waals surface area (Å²) in [6.45, 7) is -0.988. The molecule has 1 aromatic carbocycles. The number of benzene rings is 1. The zero-order valence-electron chi connectivity index (χ0n) is 9.68. The minimum Gasteiger partial charge on any atom is -0.479 e. The number of carbonyl (C=O) groups excluding carboxylic acids is 2. The first kappa shape index (κ1) is 14.9. The monoisotopic (exact) mass is 286 g/mol. The molecule has 0 aromatic heterocycles. The van der Waals surface area contributed by atoms with Crippen molar-refractivity contribution in [1.82, 2.24) is 10.8 Å². The average Bonchev–Trinajstić information content (AvgIpc) is 2.36. The van der Waals surface area contributed by atoms with Crippen LogP contribution >= 0.6 is 11.6 Å². The molecule has 3 N–H and O–H groups in total. The minimum absolute atomic E-state index is 0.332. The molecular weight excluding hydrogens is 276 g/mol. The number of halogens is 1. The number of hydrogen-bond acceptors (Lipinski definition) is 4. The standard InChI is InChI=1S/C11H11ClN2O5/c12-8-3-1-7(2-4-8)11(18)13-5-9(15)14-19-6-10(16)17/h1-4H,5-6H2,(H,13,18)(H,14,15)(H,16,17). The van der Waals surface area contributed by atoms with Gasteiger partial charge in [0.05, 0.1) is 6.54 Å². The molecule has 7 nitrogen and oxygen atoms in total. The Morgan fingerprint density at radius 3 is 2.42 bits per heavy atom. The molecule has 0 radical (unpaired) electrons.